The normalized spacial score (nSPS) is 12.8. The number of anilines is 1. The Kier molecular flexibility index (Phi) is 7.45. The van der Waals surface area contributed by atoms with Crippen molar-refractivity contribution in [3.63, 3.8) is 0 Å². The number of hydrogen-bond acceptors (Lipinski definition) is 4. The average molecular weight is 473 g/mol. The zero-order valence-electron chi connectivity index (χ0n) is 19.5. The number of alkyl carbamates (subject to hydrolysis) is 1. The Morgan fingerprint density at radius 3 is 2.14 bits per heavy atom. The van der Waals surface area contributed by atoms with E-state index in [0.717, 1.165) is 22.3 Å². The van der Waals surface area contributed by atoms with E-state index < -0.39 is 18.1 Å². The molecule has 0 fully saturated rings. The van der Waals surface area contributed by atoms with Crippen LogP contribution in [0.3, 0.4) is 0 Å². The molecule has 180 valence electrons. The molecule has 3 aromatic rings. The number of carboxylic acids is 1. The second kappa shape index (κ2) is 10.9. The number of carbonyl (C=O) groups excluding carboxylic acids is 2. The monoisotopic (exact) mass is 472 g/mol. The maximum Gasteiger partial charge on any atom is 0.407 e. The number of ether oxygens (including phenoxy) is 1. The van der Waals surface area contributed by atoms with Crippen molar-refractivity contribution < 1.29 is 24.2 Å². The summed E-state index contributed by atoms with van der Waals surface area (Å²) < 4.78 is 5.59. The van der Waals surface area contributed by atoms with Gasteiger partial charge in [-0.3, -0.25) is 9.59 Å². The van der Waals surface area contributed by atoms with Crippen molar-refractivity contribution >= 4 is 23.7 Å². The maximum absolute atomic E-state index is 12.6. The molecule has 1 atom stereocenters. The highest BCUT2D eigenvalue weighted by Gasteiger charge is 2.29. The van der Waals surface area contributed by atoms with Gasteiger partial charge in [0.05, 0.1) is 6.42 Å². The zero-order valence-corrected chi connectivity index (χ0v) is 19.5. The van der Waals surface area contributed by atoms with Gasteiger partial charge in [-0.05, 0) is 40.3 Å². The molecule has 1 aliphatic rings. The average Bonchev–Trinajstić information content (AvgIpc) is 3.17. The minimum Gasteiger partial charge on any atom is -0.481 e. The molecule has 2 amide bonds. The lowest BCUT2D eigenvalue weighted by atomic mass is 9.98. The minimum absolute atomic E-state index is 0.0396. The number of fused-ring (bicyclic) bond motifs is 3. The predicted molar refractivity (Wildman–Crippen MR) is 133 cm³/mol. The van der Waals surface area contributed by atoms with E-state index in [-0.39, 0.29) is 31.3 Å². The van der Waals surface area contributed by atoms with Gasteiger partial charge in [-0.15, -0.1) is 0 Å². The van der Waals surface area contributed by atoms with Gasteiger partial charge in [0.15, 0.2) is 0 Å². The third-order valence-corrected chi connectivity index (χ3v) is 6.22. The smallest absolute Gasteiger partial charge is 0.407 e. The summed E-state index contributed by atoms with van der Waals surface area (Å²) in [5.74, 6) is -1.33. The van der Waals surface area contributed by atoms with Crippen molar-refractivity contribution in [3.8, 4) is 11.1 Å². The first kappa shape index (κ1) is 24.0. The molecule has 0 aromatic heterocycles. The van der Waals surface area contributed by atoms with E-state index in [1.807, 2.05) is 31.2 Å². The van der Waals surface area contributed by atoms with Crippen molar-refractivity contribution in [2.24, 2.45) is 0 Å². The summed E-state index contributed by atoms with van der Waals surface area (Å²) >= 11 is 0. The van der Waals surface area contributed by atoms with Gasteiger partial charge in [0.1, 0.15) is 6.61 Å². The maximum atomic E-state index is 12.6. The molecule has 0 saturated heterocycles. The molecule has 3 N–H and O–H groups in total. The lowest BCUT2D eigenvalue weighted by molar-refractivity contribution is -0.136. The van der Waals surface area contributed by atoms with Crippen molar-refractivity contribution in [2.45, 2.75) is 38.1 Å². The van der Waals surface area contributed by atoms with Gasteiger partial charge in [0.2, 0.25) is 5.91 Å². The largest absolute Gasteiger partial charge is 0.481 e. The molecular weight excluding hydrogens is 444 g/mol. The molecule has 0 unspecified atom stereocenters. The number of nitrogens with one attached hydrogen (secondary N) is 2. The van der Waals surface area contributed by atoms with Crippen LogP contribution in [0.15, 0.2) is 72.8 Å². The zero-order chi connectivity index (χ0) is 24.8. The lowest BCUT2D eigenvalue weighted by Crippen LogP contribution is -2.38. The molecule has 4 rings (SSSR count). The molecule has 1 aliphatic carbocycles. The number of carboxylic acid groups (broad SMARTS) is 1. The van der Waals surface area contributed by atoms with E-state index in [2.05, 4.69) is 34.9 Å². The van der Waals surface area contributed by atoms with E-state index in [9.17, 15) is 14.4 Å². The molecule has 0 spiro atoms. The van der Waals surface area contributed by atoms with Crippen LogP contribution in [0.4, 0.5) is 10.5 Å². The first-order valence-corrected chi connectivity index (χ1v) is 11.7. The summed E-state index contributed by atoms with van der Waals surface area (Å²) in [6.07, 6.45) is -0.180. The highest BCUT2D eigenvalue weighted by molar-refractivity contribution is 5.92. The number of carbonyl (C=O) groups is 3. The number of rotatable bonds is 9. The van der Waals surface area contributed by atoms with Crippen LogP contribution >= 0.6 is 0 Å². The second-order valence-electron chi connectivity index (χ2n) is 8.56. The van der Waals surface area contributed by atoms with Gasteiger partial charge in [-0.1, -0.05) is 73.7 Å². The second-order valence-corrected chi connectivity index (χ2v) is 8.56. The Balaban J connectivity index is 1.33. The van der Waals surface area contributed by atoms with Crippen LogP contribution in [0, 0.1) is 0 Å². The SMILES string of the molecule is CC[C@H](CC(=O)Nc1ccccc1CC(=O)O)NC(=O)OCC1c2ccccc2-c2ccccc21. The first-order valence-electron chi connectivity index (χ1n) is 11.7. The Labute approximate surface area is 204 Å². The van der Waals surface area contributed by atoms with Gasteiger partial charge in [-0.25, -0.2) is 4.79 Å². The quantitative estimate of drug-likeness (QED) is 0.408. The Morgan fingerprint density at radius 2 is 1.51 bits per heavy atom. The third-order valence-electron chi connectivity index (χ3n) is 6.22. The number of hydrogen-bond donors (Lipinski definition) is 3. The van der Waals surface area contributed by atoms with E-state index in [1.165, 1.54) is 0 Å². The van der Waals surface area contributed by atoms with Gasteiger partial charge >= 0.3 is 12.1 Å². The van der Waals surface area contributed by atoms with Crippen molar-refractivity contribution in [3.05, 3.63) is 89.5 Å². The Morgan fingerprint density at radius 1 is 0.914 bits per heavy atom. The highest BCUT2D eigenvalue weighted by atomic mass is 16.5. The van der Waals surface area contributed by atoms with Crippen LogP contribution in [0.2, 0.25) is 0 Å². The number of benzene rings is 3. The van der Waals surface area contributed by atoms with Crippen molar-refractivity contribution in [1.82, 2.24) is 5.32 Å². The van der Waals surface area contributed by atoms with E-state index in [4.69, 9.17) is 9.84 Å². The fourth-order valence-electron chi connectivity index (χ4n) is 4.49. The van der Waals surface area contributed by atoms with Crippen LogP contribution in [0.1, 0.15) is 42.4 Å². The fourth-order valence-corrected chi connectivity index (χ4v) is 4.49. The molecule has 35 heavy (non-hydrogen) atoms. The number of amides is 2. The fraction of sp³-hybridized carbons (Fsp3) is 0.250. The molecule has 0 radical (unpaired) electrons. The number of aliphatic carboxylic acids is 1. The summed E-state index contributed by atoms with van der Waals surface area (Å²) in [5.41, 5.74) is 5.55. The molecule has 0 bridgehead atoms. The Hall–Kier alpha value is -4.13. The van der Waals surface area contributed by atoms with Gasteiger partial charge in [0, 0.05) is 24.1 Å². The molecule has 0 saturated carbocycles. The number of para-hydroxylation sites is 1. The van der Waals surface area contributed by atoms with E-state index >= 15 is 0 Å². The topological polar surface area (TPSA) is 105 Å². The van der Waals surface area contributed by atoms with Crippen LogP contribution in [0.5, 0.6) is 0 Å². The molecule has 7 heteroatoms. The lowest BCUT2D eigenvalue weighted by Gasteiger charge is -2.19. The summed E-state index contributed by atoms with van der Waals surface area (Å²) in [7, 11) is 0. The van der Waals surface area contributed by atoms with E-state index in [1.54, 1.807) is 24.3 Å². The molecular formula is C28H28N2O5. The molecule has 0 aliphatic heterocycles. The molecule has 3 aromatic carbocycles. The molecule has 0 heterocycles. The van der Waals surface area contributed by atoms with Crippen LogP contribution < -0.4 is 10.6 Å². The van der Waals surface area contributed by atoms with Gasteiger partial charge in [-0.2, -0.15) is 0 Å². The van der Waals surface area contributed by atoms with Gasteiger partial charge in [0.25, 0.3) is 0 Å². The predicted octanol–water partition coefficient (Wildman–Crippen LogP) is 4.96. The standard InChI is InChI=1S/C28H28N2O5/c1-2-19(16-26(31)30-25-14-8-3-9-18(25)15-27(32)33)29-28(34)35-17-24-22-12-6-4-10-20(22)21-11-5-7-13-23(21)24/h3-14,19,24H,2,15-17H2,1H3,(H,29,34)(H,30,31)(H,32,33)/t19-/m1/s1. The molecule has 7 nitrogen and oxygen atoms in total. The summed E-state index contributed by atoms with van der Waals surface area (Å²) in [6.45, 7) is 2.07. The third kappa shape index (κ3) is 5.69. The van der Waals surface area contributed by atoms with Crippen molar-refractivity contribution in [2.75, 3.05) is 11.9 Å². The van der Waals surface area contributed by atoms with Crippen LogP contribution in [0.25, 0.3) is 11.1 Å². The summed E-state index contributed by atoms with van der Waals surface area (Å²) in [5, 5.41) is 14.6. The highest BCUT2D eigenvalue weighted by Crippen LogP contribution is 2.44. The summed E-state index contributed by atoms with van der Waals surface area (Å²) in [4.78, 5) is 36.2. The van der Waals surface area contributed by atoms with Crippen LogP contribution in [-0.4, -0.2) is 35.7 Å². The van der Waals surface area contributed by atoms with Crippen LogP contribution in [-0.2, 0) is 20.7 Å². The van der Waals surface area contributed by atoms with Gasteiger partial charge < -0.3 is 20.5 Å². The van der Waals surface area contributed by atoms with Crippen molar-refractivity contribution in [1.29, 1.82) is 0 Å². The first-order chi connectivity index (χ1) is 17.0. The van der Waals surface area contributed by atoms with E-state index in [0.29, 0.717) is 17.7 Å². The Bertz CT molecular complexity index is 1190. The summed E-state index contributed by atoms with van der Waals surface area (Å²) in [6, 6.07) is 22.6. The minimum atomic E-state index is -0.977.